The molecule has 1 saturated carbocycles. The van der Waals surface area contributed by atoms with E-state index in [-0.39, 0.29) is 5.56 Å². The number of benzene rings is 2. The average Bonchev–Trinajstić information content (AvgIpc) is 3.36. The van der Waals surface area contributed by atoms with E-state index in [1.54, 1.807) is 13.0 Å². The number of fused-ring (bicyclic) bond motifs is 4. The van der Waals surface area contributed by atoms with Crippen molar-refractivity contribution in [3.8, 4) is 16.8 Å². The normalized spacial score (nSPS) is 17.1. The molecule has 2 aliphatic rings. The lowest BCUT2D eigenvalue weighted by Gasteiger charge is -2.36. The molecule has 1 aliphatic heterocycles. The number of aromatic nitrogens is 4. The number of anilines is 1. The molecule has 0 radical (unpaired) electrons. The summed E-state index contributed by atoms with van der Waals surface area (Å²) >= 11 is 0. The van der Waals surface area contributed by atoms with Gasteiger partial charge in [0.15, 0.2) is 5.82 Å². The van der Waals surface area contributed by atoms with Gasteiger partial charge in [0.05, 0.1) is 28.0 Å². The SMILES string of the molecule is Cc1c(-c2cccc3c(C4CC4)c[nH]c23)c(C(F)(F)F)cc2c1-n1c(C)nnc1C(C)(C)N2. The first-order valence-corrected chi connectivity index (χ1v) is 11.1. The minimum atomic E-state index is -4.52. The maximum atomic E-state index is 14.5. The van der Waals surface area contributed by atoms with Gasteiger partial charge in [0.25, 0.3) is 0 Å². The van der Waals surface area contributed by atoms with Crippen molar-refractivity contribution >= 4 is 16.6 Å². The van der Waals surface area contributed by atoms with Gasteiger partial charge in [-0.05, 0) is 63.6 Å². The summed E-state index contributed by atoms with van der Waals surface area (Å²) in [5.74, 6) is 1.81. The van der Waals surface area contributed by atoms with Crippen LogP contribution in [-0.4, -0.2) is 19.7 Å². The Morgan fingerprint density at radius 1 is 1.12 bits per heavy atom. The van der Waals surface area contributed by atoms with Crippen molar-refractivity contribution in [3.63, 3.8) is 0 Å². The molecular weight excluding hydrogens is 427 g/mol. The highest BCUT2D eigenvalue weighted by molar-refractivity contribution is 5.99. The molecule has 6 rings (SSSR count). The summed E-state index contributed by atoms with van der Waals surface area (Å²) in [5, 5.41) is 12.8. The number of aromatic amines is 1. The lowest BCUT2D eigenvalue weighted by atomic mass is 9.88. The molecule has 33 heavy (non-hydrogen) atoms. The third kappa shape index (κ3) is 2.85. The quantitative estimate of drug-likeness (QED) is 0.361. The first-order valence-electron chi connectivity index (χ1n) is 11.1. The molecule has 4 aromatic rings. The monoisotopic (exact) mass is 451 g/mol. The number of hydrogen-bond donors (Lipinski definition) is 2. The molecule has 0 spiro atoms. The number of alkyl halides is 3. The van der Waals surface area contributed by atoms with Gasteiger partial charge in [-0.15, -0.1) is 10.2 Å². The van der Waals surface area contributed by atoms with Crippen molar-refractivity contribution in [3.05, 3.63) is 58.8 Å². The van der Waals surface area contributed by atoms with Gasteiger partial charge in [-0.25, -0.2) is 0 Å². The highest BCUT2D eigenvalue weighted by atomic mass is 19.4. The third-order valence-electron chi connectivity index (χ3n) is 6.94. The second kappa shape index (κ2) is 6.40. The molecule has 170 valence electrons. The van der Waals surface area contributed by atoms with Gasteiger partial charge < -0.3 is 10.3 Å². The summed E-state index contributed by atoms with van der Waals surface area (Å²) in [6.07, 6.45) is -0.309. The fourth-order valence-corrected chi connectivity index (χ4v) is 5.31. The summed E-state index contributed by atoms with van der Waals surface area (Å²) in [4.78, 5) is 3.29. The summed E-state index contributed by atoms with van der Waals surface area (Å²) in [5.41, 5.74) is 3.02. The molecule has 1 fully saturated rings. The van der Waals surface area contributed by atoms with Crippen LogP contribution in [0.2, 0.25) is 0 Å². The van der Waals surface area contributed by atoms with Crippen LogP contribution in [0.3, 0.4) is 0 Å². The molecule has 8 heteroatoms. The molecule has 2 aromatic carbocycles. The van der Waals surface area contributed by atoms with Crippen LogP contribution in [0.4, 0.5) is 18.9 Å². The van der Waals surface area contributed by atoms with E-state index in [0.29, 0.717) is 40.1 Å². The smallest absolute Gasteiger partial charge is 0.371 e. The van der Waals surface area contributed by atoms with Crippen LogP contribution < -0.4 is 5.32 Å². The van der Waals surface area contributed by atoms with Crippen LogP contribution in [0.15, 0.2) is 30.5 Å². The fraction of sp³-hybridized carbons (Fsp3) is 0.360. The topological polar surface area (TPSA) is 58.5 Å². The number of para-hydroxylation sites is 1. The number of hydrogen-bond acceptors (Lipinski definition) is 3. The molecule has 0 saturated heterocycles. The molecule has 1 aliphatic carbocycles. The predicted molar refractivity (Wildman–Crippen MR) is 122 cm³/mol. The Balaban J connectivity index is 1.70. The zero-order valence-corrected chi connectivity index (χ0v) is 18.9. The second-order valence-corrected chi connectivity index (χ2v) is 9.72. The van der Waals surface area contributed by atoms with Gasteiger partial charge in [0, 0.05) is 22.7 Å². The van der Waals surface area contributed by atoms with Crippen LogP contribution >= 0.6 is 0 Å². The number of rotatable bonds is 2. The van der Waals surface area contributed by atoms with E-state index in [9.17, 15) is 13.2 Å². The van der Waals surface area contributed by atoms with Gasteiger partial charge in [-0.3, -0.25) is 4.57 Å². The van der Waals surface area contributed by atoms with E-state index in [1.807, 2.05) is 43.7 Å². The largest absolute Gasteiger partial charge is 0.417 e. The number of aryl methyl sites for hydroxylation is 1. The molecule has 0 bridgehead atoms. The van der Waals surface area contributed by atoms with Crippen molar-refractivity contribution in [2.45, 2.75) is 58.2 Å². The van der Waals surface area contributed by atoms with E-state index in [4.69, 9.17) is 0 Å². The summed E-state index contributed by atoms with van der Waals surface area (Å²) in [7, 11) is 0. The van der Waals surface area contributed by atoms with Crippen LogP contribution in [0, 0.1) is 13.8 Å². The van der Waals surface area contributed by atoms with Gasteiger partial charge in [0.2, 0.25) is 0 Å². The lowest BCUT2D eigenvalue weighted by Crippen LogP contribution is -2.36. The second-order valence-electron chi connectivity index (χ2n) is 9.72. The highest BCUT2D eigenvalue weighted by Crippen LogP contribution is 2.50. The van der Waals surface area contributed by atoms with E-state index >= 15 is 0 Å². The first-order chi connectivity index (χ1) is 15.6. The Hall–Kier alpha value is -3.29. The summed E-state index contributed by atoms with van der Waals surface area (Å²) < 4.78 is 45.3. The Labute approximate surface area is 189 Å². The Bertz CT molecular complexity index is 1440. The first kappa shape index (κ1) is 20.3. The van der Waals surface area contributed by atoms with Crippen LogP contribution in [0.25, 0.3) is 27.7 Å². The van der Waals surface area contributed by atoms with Crippen LogP contribution in [0.5, 0.6) is 0 Å². The van der Waals surface area contributed by atoms with Crippen molar-refractivity contribution in [1.82, 2.24) is 19.7 Å². The van der Waals surface area contributed by atoms with E-state index < -0.39 is 17.3 Å². The van der Waals surface area contributed by atoms with Crippen molar-refractivity contribution in [1.29, 1.82) is 0 Å². The minimum absolute atomic E-state index is 0.191. The van der Waals surface area contributed by atoms with Crippen LogP contribution in [0.1, 0.15) is 60.9 Å². The Kier molecular flexibility index (Phi) is 3.94. The average molecular weight is 451 g/mol. The molecule has 2 aromatic heterocycles. The van der Waals surface area contributed by atoms with Gasteiger partial charge in [-0.1, -0.05) is 18.2 Å². The van der Waals surface area contributed by atoms with E-state index in [2.05, 4.69) is 20.5 Å². The predicted octanol–water partition coefficient (Wildman–Crippen LogP) is 6.59. The van der Waals surface area contributed by atoms with E-state index in [0.717, 1.165) is 23.7 Å². The van der Waals surface area contributed by atoms with Crippen molar-refractivity contribution < 1.29 is 13.2 Å². The summed E-state index contributed by atoms with van der Waals surface area (Å²) in [6.45, 7) is 7.37. The number of H-pyrrole nitrogens is 1. The molecule has 0 atom stereocenters. The number of nitrogens with one attached hydrogen (secondary N) is 2. The molecule has 2 N–H and O–H groups in total. The third-order valence-corrected chi connectivity index (χ3v) is 6.94. The molecular formula is C25H24F3N5. The Morgan fingerprint density at radius 3 is 2.58 bits per heavy atom. The molecule has 0 unspecified atom stereocenters. The zero-order valence-electron chi connectivity index (χ0n) is 18.9. The summed E-state index contributed by atoms with van der Waals surface area (Å²) in [6, 6.07) is 6.87. The maximum absolute atomic E-state index is 14.5. The lowest BCUT2D eigenvalue weighted by molar-refractivity contribution is -0.137. The van der Waals surface area contributed by atoms with Gasteiger partial charge in [-0.2, -0.15) is 13.2 Å². The highest BCUT2D eigenvalue weighted by Gasteiger charge is 2.41. The van der Waals surface area contributed by atoms with Gasteiger partial charge in [0.1, 0.15) is 5.82 Å². The molecule has 5 nitrogen and oxygen atoms in total. The number of nitrogens with zero attached hydrogens (tertiary/aromatic N) is 3. The zero-order chi connectivity index (χ0) is 23.3. The Morgan fingerprint density at radius 2 is 1.88 bits per heavy atom. The fourth-order valence-electron chi connectivity index (χ4n) is 5.31. The van der Waals surface area contributed by atoms with Gasteiger partial charge >= 0.3 is 6.18 Å². The van der Waals surface area contributed by atoms with Crippen molar-refractivity contribution in [2.24, 2.45) is 0 Å². The molecule has 3 heterocycles. The minimum Gasteiger partial charge on any atom is -0.371 e. The van der Waals surface area contributed by atoms with Crippen molar-refractivity contribution in [2.75, 3.05) is 5.32 Å². The van der Waals surface area contributed by atoms with Crippen LogP contribution in [-0.2, 0) is 11.7 Å². The standard InChI is InChI=1S/C25H24F3N5/c1-12-20(16-7-5-6-15-17(14-8-9-14)11-29-21(15)16)18(25(26,27)28)10-19-22(12)33-13(2)31-32-23(33)24(3,4)30-19/h5-7,10-11,14,29-30H,8-9H2,1-4H3. The van der Waals surface area contributed by atoms with E-state index in [1.165, 1.54) is 11.6 Å². The number of halogens is 3. The maximum Gasteiger partial charge on any atom is 0.417 e. The molecule has 0 amide bonds.